The fraction of sp³-hybridized carbons (Fsp3) is 0.160. The molecule has 0 amide bonds. The smallest absolute Gasteiger partial charge is 0.341 e. The number of anilines is 2. The van der Waals surface area contributed by atoms with Crippen LogP contribution in [-0.2, 0) is 17.7 Å². The second kappa shape index (κ2) is 10.9. The van der Waals surface area contributed by atoms with E-state index in [-0.39, 0.29) is 5.97 Å². The topological polar surface area (TPSA) is 68.2 Å². The number of rotatable bonds is 8. The van der Waals surface area contributed by atoms with Crippen molar-refractivity contribution >= 4 is 45.3 Å². The molecule has 168 valence electrons. The number of thiophene rings is 1. The van der Waals surface area contributed by atoms with Crippen molar-refractivity contribution in [2.45, 2.75) is 19.9 Å². The molecular formula is C25H24N4O2S2. The van der Waals surface area contributed by atoms with Crippen LogP contribution in [0.15, 0.2) is 79.1 Å². The summed E-state index contributed by atoms with van der Waals surface area (Å²) in [4.78, 5) is 13.6. The van der Waals surface area contributed by atoms with Gasteiger partial charge in [0.25, 0.3) is 0 Å². The lowest BCUT2D eigenvalue weighted by atomic mass is 10.1. The highest BCUT2D eigenvalue weighted by molar-refractivity contribution is 7.80. The van der Waals surface area contributed by atoms with E-state index in [9.17, 15) is 4.79 Å². The zero-order valence-corrected chi connectivity index (χ0v) is 19.8. The van der Waals surface area contributed by atoms with Gasteiger partial charge in [0.1, 0.15) is 5.00 Å². The molecule has 8 heteroatoms. The fourth-order valence-corrected chi connectivity index (χ4v) is 4.69. The summed E-state index contributed by atoms with van der Waals surface area (Å²) >= 11 is 7.02. The number of nitrogens with zero attached hydrogens (tertiary/aromatic N) is 2. The molecule has 2 N–H and O–H groups in total. The molecule has 0 saturated carbocycles. The van der Waals surface area contributed by atoms with Gasteiger partial charge in [0.15, 0.2) is 5.11 Å². The summed E-state index contributed by atoms with van der Waals surface area (Å²) in [7, 11) is 0. The van der Waals surface area contributed by atoms with E-state index < -0.39 is 0 Å². The summed E-state index contributed by atoms with van der Waals surface area (Å²) in [6.45, 7) is 2.82. The molecule has 0 radical (unpaired) electrons. The van der Waals surface area contributed by atoms with Crippen LogP contribution in [0.2, 0.25) is 0 Å². The van der Waals surface area contributed by atoms with Crippen LogP contribution in [-0.4, -0.2) is 27.5 Å². The third-order valence-corrected chi connectivity index (χ3v) is 6.10. The predicted octanol–water partition coefficient (Wildman–Crippen LogP) is 5.57. The summed E-state index contributed by atoms with van der Waals surface area (Å²) in [5.41, 5.74) is 3.66. The normalized spacial score (nSPS) is 10.6. The highest BCUT2D eigenvalue weighted by atomic mass is 32.1. The van der Waals surface area contributed by atoms with E-state index in [1.165, 1.54) is 16.9 Å². The van der Waals surface area contributed by atoms with Gasteiger partial charge in [0.05, 0.1) is 18.7 Å². The third kappa shape index (κ3) is 6.27. The molecule has 33 heavy (non-hydrogen) atoms. The summed E-state index contributed by atoms with van der Waals surface area (Å²) in [5.74, 6) is -0.360. The van der Waals surface area contributed by atoms with E-state index >= 15 is 0 Å². The molecule has 0 aliphatic carbocycles. The number of carbonyl (C=O) groups is 1. The Labute approximate surface area is 202 Å². The Morgan fingerprint density at radius 2 is 1.85 bits per heavy atom. The minimum Gasteiger partial charge on any atom is -0.462 e. The van der Waals surface area contributed by atoms with Gasteiger partial charge in [-0.25, -0.2) is 4.79 Å². The van der Waals surface area contributed by atoms with Crippen molar-refractivity contribution < 1.29 is 9.53 Å². The minimum absolute atomic E-state index is 0.315. The van der Waals surface area contributed by atoms with E-state index in [0.29, 0.717) is 28.8 Å². The predicted molar refractivity (Wildman–Crippen MR) is 137 cm³/mol. The summed E-state index contributed by atoms with van der Waals surface area (Å²) in [5, 5.41) is 11.7. The number of carbonyl (C=O) groups excluding carboxylic acids is 1. The first-order valence-corrected chi connectivity index (χ1v) is 11.8. The van der Waals surface area contributed by atoms with Gasteiger partial charge in [-0.05, 0) is 54.5 Å². The third-order valence-electron chi connectivity index (χ3n) is 4.84. The largest absolute Gasteiger partial charge is 0.462 e. The Balaban J connectivity index is 1.44. The van der Waals surface area contributed by atoms with E-state index in [0.717, 1.165) is 22.5 Å². The van der Waals surface area contributed by atoms with Crippen molar-refractivity contribution in [3.8, 4) is 0 Å². The van der Waals surface area contributed by atoms with E-state index in [4.69, 9.17) is 17.0 Å². The van der Waals surface area contributed by atoms with Gasteiger partial charge in [0.2, 0.25) is 0 Å². The molecule has 2 aromatic carbocycles. The maximum Gasteiger partial charge on any atom is 0.341 e. The van der Waals surface area contributed by atoms with E-state index in [1.54, 1.807) is 13.1 Å². The molecule has 0 bridgehead atoms. The lowest BCUT2D eigenvalue weighted by Crippen LogP contribution is -2.20. The van der Waals surface area contributed by atoms with Crippen LogP contribution in [0.5, 0.6) is 0 Å². The Morgan fingerprint density at radius 3 is 2.55 bits per heavy atom. The van der Waals surface area contributed by atoms with Crippen molar-refractivity contribution in [3.63, 3.8) is 0 Å². The van der Waals surface area contributed by atoms with Crippen molar-refractivity contribution in [1.82, 2.24) is 9.78 Å². The van der Waals surface area contributed by atoms with Gasteiger partial charge in [0, 0.05) is 29.4 Å². The molecule has 0 saturated heterocycles. The van der Waals surface area contributed by atoms with Crippen LogP contribution in [0.1, 0.15) is 33.3 Å². The number of hydrogen-bond acceptors (Lipinski definition) is 5. The van der Waals surface area contributed by atoms with E-state index in [1.807, 2.05) is 65.5 Å². The average Bonchev–Trinajstić information content (AvgIpc) is 3.46. The van der Waals surface area contributed by atoms with Crippen LogP contribution < -0.4 is 10.6 Å². The number of ether oxygens (including phenoxy) is 1. The first-order valence-electron chi connectivity index (χ1n) is 10.6. The van der Waals surface area contributed by atoms with Crippen LogP contribution in [0.25, 0.3) is 0 Å². The molecule has 0 spiro atoms. The Kier molecular flexibility index (Phi) is 7.49. The quantitative estimate of drug-likeness (QED) is 0.256. The maximum absolute atomic E-state index is 12.5. The Morgan fingerprint density at radius 1 is 1.06 bits per heavy atom. The van der Waals surface area contributed by atoms with Gasteiger partial charge >= 0.3 is 5.97 Å². The number of thiocarbonyl (C=S) groups is 1. The molecule has 0 aliphatic heterocycles. The number of aromatic nitrogens is 2. The Hall–Kier alpha value is -3.49. The summed E-state index contributed by atoms with van der Waals surface area (Å²) in [6, 6.07) is 21.9. The number of esters is 1. The number of benzene rings is 2. The number of nitrogens with one attached hydrogen (secondary N) is 2. The van der Waals surface area contributed by atoms with Gasteiger partial charge in [-0.15, -0.1) is 11.3 Å². The monoisotopic (exact) mass is 476 g/mol. The van der Waals surface area contributed by atoms with Gasteiger partial charge < -0.3 is 15.4 Å². The molecule has 0 aliphatic rings. The molecule has 0 unspecified atom stereocenters. The SMILES string of the molecule is CCOC(=O)c1cc(Cc2ccccc2)sc1NC(=S)Nc1ccc(Cn2cccn2)cc1. The van der Waals surface area contributed by atoms with Crippen LogP contribution in [0, 0.1) is 0 Å². The lowest BCUT2D eigenvalue weighted by molar-refractivity contribution is 0.0528. The van der Waals surface area contributed by atoms with E-state index in [2.05, 4.69) is 27.9 Å². The Bertz CT molecular complexity index is 1200. The zero-order chi connectivity index (χ0) is 23.0. The number of hydrogen-bond donors (Lipinski definition) is 2. The first-order chi connectivity index (χ1) is 16.1. The van der Waals surface area contributed by atoms with Gasteiger partial charge in [-0.1, -0.05) is 42.5 Å². The van der Waals surface area contributed by atoms with Crippen LogP contribution in [0.3, 0.4) is 0 Å². The summed E-state index contributed by atoms with van der Waals surface area (Å²) in [6.07, 6.45) is 4.43. The van der Waals surface area contributed by atoms with Gasteiger partial charge in [-0.3, -0.25) is 4.68 Å². The summed E-state index contributed by atoms with van der Waals surface area (Å²) < 4.78 is 7.12. The average molecular weight is 477 g/mol. The second-order valence-corrected chi connectivity index (χ2v) is 8.86. The van der Waals surface area contributed by atoms with Crippen molar-refractivity contribution in [3.05, 3.63) is 101 Å². The molecule has 4 rings (SSSR count). The molecule has 2 aromatic heterocycles. The second-order valence-electron chi connectivity index (χ2n) is 7.32. The van der Waals surface area contributed by atoms with Crippen molar-refractivity contribution in [2.24, 2.45) is 0 Å². The minimum atomic E-state index is -0.360. The standard InChI is InChI=1S/C25H24N4O2S2/c1-2-31-24(30)22-16-21(15-18-7-4-3-5-8-18)33-23(22)28-25(32)27-20-11-9-19(10-12-20)17-29-14-6-13-26-29/h3-14,16H,2,15,17H2,1H3,(H2,27,28,32). The van der Waals surface area contributed by atoms with Gasteiger partial charge in [-0.2, -0.15) is 5.10 Å². The van der Waals surface area contributed by atoms with Crippen LogP contribution in [0.4, 0.5) is 10.7 Å². The molecule has 0 atom stereocenters. The molecule has 2 heterocycles. The molecule has 4 aromatic rings. The maximum atomic E-state index is 12.5. The van der Waals surface area contributed by atoms with Crippen molar-refractivity contribution in [2.75, 3.05) is 17.2 Å². The zero-order valence-electron chi connectivity index (χ0n) is 18.2. The molecular weight excluding hydrogens is 452 g/mol. The lowest BCUT2D eigenvalue weighted by Gasteiger charge is -2.11. The fourth-order valence-electron chi connectivity index (χ4n) is 3.32. The van der Waals surface area contributed by atoms with Crippen LogP contribution >= 0.6 is 23.6 Å². The molecule has 0 fully saturated rings. The first kappa shape index (κ1) is 22.7. The highest BCUT2D eigenvalue weighted by Gasteiger charge is 2.18. The van der Waals surface area contributed by atoms with Crippen molar-refractivity contribution in [1.29, 1.82) is 0 Å². The molecule has 6 nitrogen and oxygen atoms in total. The highest BCUT2D eigenvalue weighted by Crippen LogP contribution is 2.31.